The highest BCUT2D eigenvalue weighted by molar-refractivity contribution is 7.99. The number of benzene rings is 1. The predicted molar refractivity (Wildman–Crippen MR) is 78.7 cm³/mol. The summed E-state index contributed by atoms with van der Waals surface area (Å²) in [5.74, 6) is 1.68. The number of thioether (sulfide) groups is 1. The third-order valence-corrected chi connectivity index (χ3v) is 4.67. The van der Waals surface area contributed by atoms with Crippen LogP contribution in [0.25, 0.3) is 0 Å². The van der Waals surface area contributed by atoms with E-state index in [1.54, 1.807) is 12.1 Å². The molecule has 0 aliphatic rings. The number of hydrogen-bond acceptors (Lipinski definition) is 6. The number of rotatable bonds is 7. The molecule has 1 rings (SSSR count). The van der Waals surface area contributed by atoms with Crippen LogP contribution in [0.2, 0.25) is 0 Å². The predicted octanol–water partition coefficient (Wildman–Crippen LogP) is -0.347. The van der Waals surface area contributed by atoms with E-state index in [-0.39, 0.29) is 5.75 Å². The van der Waals surface area contributed by atoms with Gasteiger partial charge in [-0.05, 0) is 11.6 Å². The maximum Gasteiger partial charge on any atom is 0.492 e. The van der Waals surface area contributed by atoms with Crippen molar-refractivity contribution >= 4 is 34.2 Å². The number of methoxy groups -OCH3 is 1. The highest BCUT2D eigenvalue weighted by atomic mass is 32.2. The lowest BCUT2D eigenvalue weighted by atomic mass is 9.79. The Morgan fingerprint density at radius 1 is 1.37 bits per heavy atom. The second-order valence-corrected chi connectivity index (χ2v) is 7.50. The first-order chi connectivity index (χ1) is 8.83. The lowest BCUT2D eigenvalue weighted by Gasteiger charge is -2.10. The fourth-order valence-corrected chi connectivity index (χ4v) is 3.72. The molecule has 0 bridgehead atoms. The second kappa shape index (κ2) is 7.18. The molecule has 0 aromatic heterocycles. The molecule has 0 spiro atoms. The van der Waals surface area contributed by atoms with Crippen LogP contribution >= 0.6 is 11.8 Å². The highest BCUT2D eigenvalue weighted by Crippen LogP contribution is 2.15. The van der Waals surface area contributed by atoms with Crippen LogP contribution in [0.4, 0.5) is 0 Å². The third kappa shape index (κ3) is 5.86. The van der Waals surface area contributed by atoms with Crippen LogP contribution in [0, 0.1) is 0 Å². The van der Waals surface area contributed by atoms with Gasteiger partial charge in [-0.2, -0.15) is 11.8 Å². The zero-order valence-corrected chi connectivity index (χ0v) is 12.5. The third-order valence-electron chi connectivity index (χ3n) is 2.44. The Morgan fingerprint density at radius 3 is 2.58 bits per heavy atom. The summed E-state index contributed by atoms with van der Waals surface area (Å²) >= 11 is 1.48. The molecule has 0 atom stereocenters. The minimum absolute atomic E-state index is 0.142. The molecule has 1 aromatic rings. The Morgan fingerprint density at radius 2 is 2.05 bits per heavy atom. The van der Waals surface area contributed by atoms with E-state index < -0.39 is 17.0 Å². The first-order valence-electron chi connectivity index (χ1n) is 5.62. The zero-order chi connectivity index (χ0) is 14.5. The molecule has 0 saturated heterocycles. The molecule has 19 heavy (non-hydrogen) atoms. The molecule has 106 valence electrons. The summed E-state index contributed by atoms with van der Waals surface area (Å²) in [5.41, 5.74) is 1.20. The van der Waals surface area contributed by atoms with E-state index >= 15 is 0 Å². The molecule has 5 nitrogen and oxygen atoms in total. The molecule has 0 heterocycles. The Balaban J connectivity index is 2.62. The first-order valence-corrected chi connectivity index (χ1v) is 8.83. The summed E-state index contributed by atoms with van der Waals surface area (Å²) in [6.45, 7) is 0. The molecular formula is C11H17BO5S2. The summed E-state index contributed by atoms with van der Waals surface area (Å²) in [5, 5.41) is 18.5. The maximum absolute atomic E-state index is 11.0. The van der Waals surface area contributed by atoms with Crippen molar-refractivity contribution in [2.24, 2.45) is 0 Å². The minimum atomic E-state index is -2.93. The summed E-state index contributed by atoms with van der Waals surface area (Å²) < 4.78 is 27.0. The first kappa shape index (κ1) is 16.4. The van der Waals surface area contributed by atoms with E-state index in [9.17, 15) is 18.5 Å². The van der Waals surface area contributed by atoms with Crippen LogP contribution < -0.4 is 10.2 Å². The quantitative estimate of drug-likeness (QED) is 0.529. The topological polar surface area (TPSA) is 83.8 Å². The average molecular weight is 304 g/mol. The van der Waals surface area contributed by atoms with Crippen LogP contribution in [-0.4, -0.2) is 50.5 Å². The Kier molecular flexibility index (Phi) is 6.19. The van der Waals surface area contributed by atoms with E-state index in [4.69, 9.17) is 4.74 Å². The number of sulfone groups is 1. The van der Waals surface area contributed by atoms with Crippen LogP contribution in [0.15, 0.2) is 18.2 Å². The normalized spacial score (nSPS) is 11.4. The molecule has 0 aliphatic heterocycles. The summed E-state index contributed by atoms with van der Waals surface area (Å²) in [6, 6.07) is 5.14. The van der Waals surface area contributed by atoms with E-state index in [0.29, 0.717) is 22.7 Å². The van der Waals surface area contributed by atoms with Crippen molar-refractivity contribution in [1.29, 1.82) is 0 Å². The summed E-state index contributed by atoms with van der Waals surface area (Å²) in [4.78, 5) is 0. The molecule has 2 N–H and O–H groups in total. The number of hydrogen-bond donors (Lipinski definition) is 2. The monoisotopic (exact) mass is 304 g/mol. The largest absolute Gasteiger partial charge is 0.497 e. The van der Waals surface area contributed by atoms with E-state index in [0.717, 1.165) is 5.56 Å². The SMILES string of the molecule is COc1ccc(CSCCS(C)(=O)=O)cc1B(O)O. The summed E-state index contributed by atoms with van der Waals surface area (Å²) in [6.07, 6.45) is 1.21. The average Bonchev–Trinajstić information content (AvgIpc) is 2.33. The Hall–Kier alpha value is -0.695. The van der Waals surface area contributed by atoms with Gasteiger partial charge in [-0.15, -0.1) is 0 Å². The van der Waals surface area contributed by atoms with Crippen molar-refractivity contribution < 1.29 is 23.2 Å². The second-order valence-electron chi connectivity index (χ2n) is 4.13. The lowest BCUT2D eigenvalue weighted by molar-refractivity contribution is 0.403. The number of ether oxygens (including phenoxy) is 1. The molecule has 0 radical (unpaired) electrons. The molecule has 0 saturated carbocycles. The standard InChI is InChI=1S/C11H17BO5S2/c1-17-11-4-3-9(7-10(11)12(13)14)8-18-5-6-19(2,15)16/h3-4,7,13-14H,5-6,8H2,1-2H3. The smallest absolute Gasteiger partial charge is 0.492 e. The van der Waals surface area contributed by atoms with Gasteiger partial charge in [0.25, 0.3) is 0 Å². The molecule has 0 aliphatic carbocycles. The van der Waals surface area contributed by atoms with Crippen molar-refractivity contribution in [2.45, 2.75) is 5.75 Å². The van der Waals surface area contributed by atoms with Gasteiger partial charge in [0.1, 0.15) is 15.6 Å². The van der Waals surface area contributed by atoms with Gasteiger partial charge in [0.2, 0.25) is 0 Å². The van der Waals surface area contributed by atoms with Gasteiger partial charge in [-0.25, -0.2) is 8.42 Å². The van der Waals surface area contributed by atoms with E-state index in [1.165, 1.54) is 25.1 Å². The van der Waals surface area contributed by atoms with Crippen molar-refractivity contribution in [3.05, 3.63) is 23.8 Å². The highest BCUT2D eigenvalue weighted by Gasteiger charge is 2.17. The fourth-order valence-electron chi connectivity index (χ4n) is 1.48. The van der Waals surface area contributed by atoms with Crippen LogP contribution in [-0.2, 0) is 15.6 Å². The van der Waals surface area contributed by atoms with Gasteiger partial charge in [0.15, 0.2) is 0 Å². The van der Waals surface area contributed by atoms with Gasteiger partial charge in [0.05, 0.1) is 12.9 Å². The van der Waals surface area contributed by atoms with Crippen LogP contribution in [0.1, 0.15) is 5.56 Å². The van der Waals surface area contributed by atoms with Gasteiger partial charge in [-0.1, -0.05) is 12.1 Å². The van der Waals surface area contributed by atoms with Crippen LogP contribution in [0.5, 0.6) is 5.75 Å². The van der Waals surface area contributed by atoms with Crippen molar-refractivity contribution in [1.82, 2.24) is 0 Å². The van der Waals surface area contributed by atoms with E-state index in [1.807, 2.05) is 6.07 Å². The molecule has 0 amide bonds. The molecule has 0 fully saturated rings. The van der Waals surface area contributed by atoms with Gasteiger partial charge in [0, 0.05) is 23.2 Å². The molecular weight excluding hydrogens is 287 g/mol. The van der Waals surface area contributed by atoms with Gasteiger partial charge < -0.3 is 14.8 Å². The van der Waals surface area contributed by atoms with E-state index in [2.05, 4.69) is 0 Å². The Bertz CT molecular complexity index is 516. The zero-order valence-electron chi connectivity index (χ0n) is 10.9. The van der Waals surface area contributed by atoms with Crippen molar-refractivity contribution in [2.75, 3.05) is 24.9 Å². The summed E-state index contributed by atoms with van der Waals surface area (Å²) in [7, 11) is -3.06. The molecule has 8 heteroatoms. The van der Waals surface area contributed by atoms with Crippen molar-refractivity contribution in [3.63, 3.8) is 0 Å². The molecule has 0 unspecified atom stereocenters. The van der Waals surface area contributed by atoms with Crippen molar-refractivity contribution in [3.8, 4) is 5.75 Å². The van der Waals surface area contributed by atoms with Gasteiger partial charge in [-0.3, -0.25) is 0 Å². The molecule has 1 aromatic carbocycles. The fraction of sp³-hybridized carbons (Fsp3) is 0.455. The Labute approximate surface area is 118 Å². The van der Waals surface area contributed by atoms with Crippen LogP contribution in [0.3, 0.4) is 0 Å². The van der Waals surface area contributed by atoms with Gasteiger partial charge >= 0.3 is 7.12 Å². The lowest BCUT2D eigenvalue weighted by Crippen LogP contribution is -2.31. The maximum atomic E-state index is 11.0. The minimum Gasteiger partial charge on any atom is -0.497 e.